The van der Waals surface area contributed by atoms with Gasteiger partial charge in [-0.25, -0.2) is 4.79 Å². The normalized spacial score (nSPS) is 17.1. The molecule has 0 aromatic heterocycles. The number of carboxylic acids is 1. The molecule has 0 atom stereocenters. The van der Waals surface area contributed by atoms with E-state index in [1.165, 1.54) is 5.56 Å². The molecule has 4 nitrogen and oxygen atoms in total. The minimum atomic E-state index is -0.910. The van der Waals surface area contributed by atoms with E-state index in [-0.39, 0.29) is 12.2 Å². The van der Waals surface area contributed by atoms with Gasteiger partial charge in [-0.2, -0.15) is 0 Å². The first kappa shape index (κ1) is 14.8. The number of benzene rings is 1. The van der Waals surface area contributed by atoms with Crippen LogP contribution < -0.4 is 0 Å². The van der Waals surface area contributed by atoms with Gasteiger partial charge in [-0.3, -0.25) is 4.90 Å². The highest BCUT2D eigenvalue weighted by Crippen LogP contribution is 2.28. The molecule has 1 aromatic rings. The van der Waals surface area contributed by atoms with Gasteiger partial charge >= 0.3 is 5.97 Å². The van der Waals surface area contributed by atoms with Crippen LogP contribution in [0.3, 0.4) is 0 Å². The van der Waals surface area contributed by atoms with Gasteiger partial charge in [-0.15, -0.1) is 0 Å². The molecule has 20 heavy (non-hydrogen) atoms. The molecule has 0 radical (unpaired) electrons. The van der Waals surface area contributed by atoms with Crippen LogP contribution in [0.1, 0.15) is 29.9 Å². The highest BCUT2D eigenvalue weighted by molar-refractivity contribution is 5.86. The first-order chi connectivity index (χ1) is 9.60. The van der Waals surface area contributed by atoms with Crippen LogP contribution in [-0.2, 0) is 11.4 Å². The maximum atomic E-state index is 10.8. The van der Waals surface area contributed by atoms with Crippen molar-refractivity contribution in [2.75, 3.05) is 19.6 Å². The van der Waals surface area contributed by atoms with E-state index in [0.29, 0.717) is 12.5 Å². The molecule has 1 saturated heterocycles. The van der Waals surface area contributed by atoms with Crippen LogP contribution in [0.5, 0.6) is 0 Å². The van der Waals surface area contributed by atoms with E-state index in [0.717, 1.165) is 31.5 Å². The minimum Gasteiger partial charge on any atom is -0.478 e. The molecule has 2 N–H and O–H groups in total. The fourth-order valence-electron chi connectivity index (χ4n) is 2.66. The number of likely N-dealkylation sites (tertiary alicyclic amines) is 1. The van der Waals surface area contributed by atoms with Gasteiger partial charge in [0, 0.05) is 12.1 Å². The number of nitrogens with zero attached hydrogens (tertiary/aromatic N) is 1. The number of hydrogen-bond acceptors (Lipinski definition) is 3. The zero-order chi connectivity index (χ0) is 14.5. The second-order valence-corrected chi connectivity index (χ2v) is 5.36. The van der Waals surface area contributed by atoms with E-state index in [4.69, 9.17) is 10.2 Å². The van der Waals surface area contributed by atoms with Crippen LogP contribution in [0.4, 0.5) is 0 Å². The van der Waals surface area contributed by atoms with Gasteiger partial charge in [0.15, 0.2) is 0 Å². The van der Waals surface area contributed by atoms with Crippen LogP contribution in [0.15, 0.2) is 36.4 Å². The second kappa shape index (κ2) is 6.68. The summed E-state index contributed by atoms with van der Waals surface area (Å²) in [6.45, 7) is 5.91. The lowest BCUT2D eigenvalue weighted by Crippen LogP contribution is -2.35. The molecule has 0 saturated carbocycles. The highest BCUT2D eigenvalue weighted by atomic mass is 16.4. The average molecular weight is 275 g/mol. The summed E-state index contributed by atoms with van der Waals surface area (Å²) in [6.07, 6.45) is 2.07. The lowest BCUT2D eigenvalue weighted by molar-refractivity contribution is -0.132. The molecule has 0 bridgehead atoms. The third-order valence-electron chi connectivity index (χ3n) is 3.94. The van der Waals surface area contributed by atoms with Crippen molar-refractivity contribution >= 4 is 5.97 Å². The van der Waals surface area contributed by atoms with Gasteiger partial charge in [0.2, 0.25) is 0 Å². The fraction of sp³-hybridized carbons (Fsp3) is 0.438. The monoisotopic (exact) mass is 275 g/mol. The van der Waals surface area contributed by atoms with Crippen molar-refractivity contribution in [3.05, 3.63) is 47.5 Å². The predicted molar refractivity (Wildman–Crippen MR) is 77.6 cm³/mol. The van der Waals surface area contributed by atoms with E-state index in [2.05, 4.69) is 23.6 Å². The Kier molecular flexibility index (Phi) is 4.93. The largest absolute Gasteiger partial charge is 0.478 e. The molecule has 108 valence electrons. The molecule has 0 unspecified atom stereocenters. The Morgan fingerprint density at radius 1 is 1.25 bits per heavy atom. The number of aliphatic hydroxyl groups excluding tert-OH is 1. The van der Waals surface area contributed by atoms with Gasteiger partial charge in [0.25, 0.3) is 0 Å². The van der Waals surface area contributed by atoms with Crippen molar-refractivity contribution < 1.29 is 15.0 Å². The van der Waals surface area contributed by atoms with Crippen molar-refractivity contribution in [1.29, 1.82) is 0 Å². The molecule has 4 heteroatoms. The van der Waals surface area contributed by atoms with Crippen LogP contribution in [0.25, 0.3) is 0 Å². The SMILES string of the molecule is C=C(CN1CCC(c2ccc(CO)cc2)CC1)C(=O)O. The van der Waals surface area contributed by atoms with Crippen molar-refractivity contribution in [2.24, 2.45) is 0 Å². The smallest absolute Gasteiger partial charge is 0.332 e. The van der Waals surface area contributed by atoms with Gasteiger partial charge in [0.1, 0.15) is 0 Å². The highest BCUT2D eigenvalue weighted by Gasteiger charge is 2.21. The molecule has 1 aliphatic rings. The summed E-state index contributed by atoms with van der Waals surface area (Å²) >= 11 is 0. The number of rotatable bonds is 5. The van der Waals surface area contributed by atoms with Crippen molar-refractivity contribution in [1.82, 2.24) is 4.90 Å². The Hall–Kier alpha value is -1.65. The first-order valence-electron chi connectivity index (χ1n) is 6.93. The molecule has 1 fully saturated rings. The molecule has 1 aliphatic heterocycles. The molecule has 0 amide bonds. The Bertz CT molecular complexity index is 473. The molecular weight excluding hydrogens is 254 g/mol. The Morgan fingerprint density at radius 3 is 2.35 bits per heavy atom. The molecule has 1 heterocycles. The molecule has 2 rings (SSSR count). The van der Waals surface area contributed by atoms with E-state index in [1.807, 2.05) is 12.1 Å². The second-order valence-electron chi connectivity index (χ2n) is 5.36. The van der Waals surface area contributed by atoms with Gasteiger partial charge < -0.3 is 10.2 Å². The number of aliphatic carboxylic acids is 1. The maximum absolute atomic E-state index is 10.8. The van der Waals surface area contributed by atoms with Crippen LogP contribution in [-0.4, -0.2) is 40.7 Å². The zero-order valence-corrected chi connectivity index (χ0v) is 11.6. The molecular formula is C16H21NO3. The Morgan fingerprint density at radius 2 is 1.85 bits per heavy atom. The number of piperidine rings is 1. The summed E-state index contributed by atoms with van der Waals surface area (Å²) < 4.78 is 0. The topological polar surface area (TPSA) is 60.8 Å². The van der Waals surface area contributed by atoms with Gasteiger partial charge in [-0.1, -0.05) is 30.8 Å². The zero-order valence-electron chi connectivity index (χ0n) is 11.6. The summed E-state index contributed by atoms with van der Waals surface area (Å²) in [5.74, 6) is -0.385. The number of aliphatic hydroxyl groups is 1. The number of hydrogen-bond donors (Lipinski definition) is 2. The van der Waals surface area contributed by atoms with Gasteiger partial charge in [0.05, 0.1) is 6.61 Å². The average Bonchev–Trinajstić information content (AvgIpc) is 2.48. The number of carbonyl (C=O) groups is 1. The Balaban J connectivity index is 1.87. The minimum absolute atomic E-state index is 0.0794. The fourth-order valence-corrected chi connectivity index (χ4v) is 2.66. The van der Waals surface area contributed by atoms with Crippen molar-refractivity contribution in [2.45, 2.75) is 25.4 Å². The Labute approximate surface area is 119 Å². The molecule has 0 spiro atoms. The number of carboxylic acid groups (broad SMARTS) is 1. The maximum Gasteiger partial charge on any atom is 0.332 e. The summed E-state index contributed by atoms with van der Waals surface area (Å²) in [5.41, 5.74) is 2.50. The van der Waals surface area contributed by atoms with Crippen LogP contribution in [0, 0.1) is 0 Å². The lowest BCUT2D eigenvalue weighted by atomic mass is 9.89. The molecule has 1 aromatic carbocycles. The first-order valence-corrected chi connectivity index (χ1v) is 6.93. The van der Waals surface area contributed by atoms with Crippen LogP contribution >= 0.6 is 0 Å². The quantitative estimate of drug-likeness (QED) is 0.807. The van der Waals surface area contributed by atoms with Gasteiger partial charge in [-0.05, 0) is 43.0 Å². The standard InChI is InChI=1S/C16H21NO3/c1-12(16(19)20)10-17-8-6-15(7-9-17)14-4-2-13(11-18)3-5-14/h2-5,15,18H,1,6-11H2,(H,19,20). The van der Waals surface area contributed by atoms with Crippen molar-refractivity contribution in [3.63, 3.8) is 0 Å². The third kappa shape index (κ3) is 3.68. The van der Waals surface area contributed by atoms with E-state index < -0.39 is 5.97 Å². The van der Waals surface area contributed by atoms with E-state index in [1.54, 1.807) is 0 Å². The van der Waals surface area contributed by atoms with Crippen LogP contribution in [0.2, 0.25) is 0 Å². The summed E-state index contributed by atoms with van der Waals surface area (Å²) in [4.78, 5) is 12.9. The van der Waals surface area contributed by atoms with E-state index in [9.17, 15) is 4.79 Å². The summed E-state index contributed by atoms with van der Waals surface area (Å²) in [5, 5.41) is 17.9. The summed E-state index contributed by atoms with van der Waals surface area (Å²) in [6, 6.07) is 8.10. The summed E-state index contributed by atoms with van der Waals surface area (Å²) in [7, 11) is 0. The molecule has 0 aliphatic carbocycles. The third-order valence-corrected chi connectivity index (χ3v) is 3.94. The van der Waals surface area contributed by atoms with Crippen molar-refractivity contribution in [3.8, 4) is 0 Å². The lowest BCUT2D eigenvalue weighted by Gasteiger charge is -2.32. The van der Waals surface area contributed by atoms with E-state index >= 15 is 0 Å². The predicted octanol–water partition coefficient (Wildman–Crippen LogP) is 2.00.